The van der Waals surface area contributed by atoms with Crippen molar-refractivity contribution in [1.82, 2.24) is 10.2 Å². The Labute approximate surface area is 127 Å². The molecular weight excluding hydrogens is 268 g/mol. The molecule has 0 aromatic heterocycles. The molecule has 3 atom stereocenters. The number of nitrogens with zero attached hydrogens (tertiary/aromatic N) is 1. The normalized spacial score (nSPS) is 39.1. The fourth-order valence-corrected chi connectivity index (χ4v) is 5.46. The van der Waals surface area contributed by atoms with E-state index in [9.17, 15) is 4.79 Å². The van der Waals surface area contributed by atoms with E-state index < -0.39 is 0 Å². The minimum Gasteiger partial charge on any atom is -0.324 e. The molecule has 2 saturated heterocycles. The van der Waals surface area contributed by atoms with E-state index in [0.717, 1.165) is 13.0 Å². The number of thioether (sulfide) groups is 1. The van der Waals surface area contributed by atoms with Crippen molar-refractivity contribution in [3.05, 3.63) is 0 Å². The van der Waals surface area contributed by atoms with E-state index in [0.29, 0.717) is 18.0 Å². The molecule has 0 bridgehead atoms. The van der Waals surface area contributed by atoms with Crippen LogP contribution in [-0.4, -0.2) is 40.1 Å². The molecule has 0 aromatic rings. The van der Waals surface area contributed by atoms with Crippen LogP contribution < -0.4 is 5.32 Å². The van der Waals surface area contributed by atoms with Crippen molar-refractivity contribution < 1.29 is 4.79 Å². The lowest BCUT2D eigenvalue weighted by molar-refractivity contribution is -0.131. The van der Waals surface area contributed by atoms with Gasteiger partial charge in [-0.15, -0.1) is 0 Å². The molecule has 1 saturated carbocycles. The van der Waals surface area contributed by atoms with Crippen LogP contribution in [0.2, 0.25) is 0 Å². The Morgan fingerprint density at radius 1 is 1.35 bits per heavy atom. The smallest absolute Gasteiger partial charge is 0.241 e. The average molecular weight is 296 g/mol. The van der Waals surface area contributed by atoms with Crippen molar-refractivity contribution in [2.45, 2.75) is 75.7 Å². The molecule has 0 spiro atoms. The minimum absolute atomic E-state index is 0.0654. The third kappa shape index (κ3) is 2.74. The first-order valence-electron chi connectivity index (χ1n) is 8.33. The van der Waals surface area contributed by atoms with Gasteiger partial charge in [0.15, 0.2) is 0 Å². The first-order valence-corrected chi connectivity index (χ1v) is 9.32. The highest BCUT2D eigenvalue weighted by molar-refractivity contribution is 8.00. The van der Waals surface area contributed by atoms with Gasteiger partial charge >= 0.3 is 0 Å². The van der Waals surface area contributed by atoms with Crippen LogP contribution in [-0.2, 0) is 4.79 Å². The average Bonchev–Trinajstić information content (AvgIpc) is 3.13. The van der Waals surface area contributed by atoms with Crippen molar-refractivity contribution in [2.75, 3.05) is 12.3 Å². The molecule has 1 N–H and O–H groups in total. The quantitative estimate of drug-likeness (QED) is 0.865. The first-order chi connectivity index (χ1) is 9.63. The molecular formula is C16H28N2OS. The Bertz CT molecular complexity index is 361. The molecule has 3 nitrogen and oxygen atoms in total. The Morgan fingerprint density at radius 2 is 2.10 bits per heavy atom. The Morgan fingerprint density at radius 3 is 2.70 bits per heavy atom. The van der Waals surface area contributed by atoms with Crippen molar-refractivity contribution in [1.29, 1.82) is 0 Å². The van der Waals surface area contributed by atoms with Crippen molar-refractivity contribution >= 4 is 17.7 Å². The standard InChI is InChI=1S/C16H28N2OS/c1-3-13-15(19)18(11-16(2)9-6-10-20-16)14(17-13)12-7-4-5-8-12/h12-14,17H,3-11H2,1-2H3. The van der Waals surface area contributed by atoms with Gasteiger partial charge in [0.2, 0.25) is 5.91 Å². The molecule has 0 radical (unpaired) electrons. The molecule has 3 fully saturated rings. The van der Waals surface area contributed by atoms with Gasteiger partial charge in [0.25, 0.3) is 0 Å². The van der Waals surface area contributed by atoms with E-state index in [-0.39, 0.29) is 10.8 Å². The van der Waals surface area contributed by atoms with Crippen molar-refractivity contribution in [2.24, 2.45) is 5.92 Å². The summed E-state index contributed by atoms with van der Waals surface area (Å²) in [5.74, 6) is 2.31. The third-order valence-electron chi connectivity index (χ3n) is 5.35. The van der Waals surface area contributed by atoms with Crippen LogP contribution in [0, 0.1) is 5.92 Å². The number of hydrogen-bond donors (Lipinski definition) is 1. The highest BCUT2D eigenvalue weighted by atomic mass is 32.2. The zero-order valence-corrected chi connectivity index (χ0v) is 13.7. The summed E-state index contributed by atoms with van der Waals surface area (Å²) in [6.45, 7) is 5.42. The zero-order valence-electron chi connectivity index (χ0n) is 12.9. The number of carbonyl (C=O) groups excluding carboxylic acids is 1. The molecule has 3 rings (SSSR count). The molecule has 114 valence electrons. The molecule has 4 heteroatoms. The number of hydrogen-bond acceptors (Lipinski definition) is 3. The Hall–Kier alpha value is -0.220. The predicted molar refractivity (Wildman–Crippen MR) is 84.8 cm³/mol. The van der Waals surface area contributed by atoms with Gasteiger partial charge in [-0.1, -0.05) is 19.8 Å². The number of amides is 1. The number of rotatable bonds is 4. The van der Waals surface area contributed by atoms with E-state index in [2.05, 4.69) is 35.8 Å². The van der Waals surface area contributed by atoms with Crippen LogP contribution in [0.3, 0.4) is 0 Å². The highest BCUT2D eigenvalue weighted by Gasteiger charge is 2.45. The van der Waals surface area contributed by atoms with Gasteiger partial charge in [-0.25, -0.2) is 0 Å². The second kappa shape index (κ2) is 5.88. The summed E-state index contributed by atoms with van der Waals surface area (Å²) in [6.07, 6.45) is 9.07. The second-order valence-corrected chi connectivity index (χ2v) is 8.67. The maximum absolute atomic E-state index is 12.7. The van der Waals surface area contributed by atoms with Crippen molar-refractivity contribution in [3.8, 4) is 0 Å². The first kappa shape index (κ1) is 14.7. The van der Waals surface area contributed by atoms with Gasteiger partial charge in [0.05, 0.1) is 12.2 Å². The summed E-state index contributed by atoms with van der Waals surface area (Å²) in [6, 6.07) is 0.0654. The van der Waals surface area contributed by atoms with Crippen LogP contribution in [0.1, 0.15) is 58.8 Å². The Kier molecular flexibility index (Phi) is 4.32. The number of carbonyl (C=O) groups is 1. The SMILES string of the molecule is CCC1NC(C2CCCC2)N(CC2(C)CCCS2)C1=O. The summed E-state index contributed by atoms with van der Waals surface area (Å²) in [7, 11) is 0. The molecule has 1 amide bonds. The van der Waals surface area contributed by atoms with Crippen LogP contribution >= 0.6 is 11.8 Å². The van der Waals surface area contributed by atoms with Gasteiger partial charge < -0.3 is 4.90 Å². The summed E-state index contributed by atoms with van der Waals surface area (Å²) in [4.78, 5) is 14.9. The molecule has 3 unspecified atom stereocenters. The van der Waals surface area contributed by atoms with Gasteiger partial charge in [0.1, 0.15) is 0 Å². The molecule has 20 heavy (non-hydrogen) atoms. The van der Waals surface area contributed by atoms with Crippen LogP contribution in [0.25, 0.3) is 0 Å². The van der Waals surface area contributed by atoms with Crippen molar-refractivity contribution in [3.63, 3.8) is 0 Å². The van der Waals surface area contributed by atoms with Gasteiger partial charge in [-0.3, -0.25) is 10.1 Å². The van der Waals surface area contributed by atoms with Crippen LogP contribution in [0.4, 0.5) is 0 Å². The summed E-state index contributed by atoms with van der Waals surface area (Å²) >= 11 is 2.07. The molecule has 0 aromatic carbocycles. The minimum atomic E-state index is 0.0654. The Balaban J connectivity index is 1.74. The van der Waals surface area contributed by atoms with E-state index in [1.165, 1.54) is 44.3 Å². The maximum atomic E-state index is 12.7. The molecule has 2 heterocycles. The largest absolute Gasteiger partial charge is 0.324 e. The van der Waals surface area contributed by atoms with E-state index in [4.69, 9.17) is 0 Å². The third-order valence-corrected chi connectivity index (χ3v) is 6.87. The molecule has 3 aliphatic rings. The van der Waals surface area contributed by atoms with Crippen LogP contribution in [0.5, 0.6) is 0 Å². The maximum Gasteiger partial charge on any atom is 0.241 e. The zero-order chi connectivity index (χ0) is 14.2. The van der Waals surface area contributed by atoms with Gasteiger partial charge in [-0.05, 0) is 50.7 Å². The lowest BCUT2D eigenvalue weighted by Crippen LogP contribution is -2.47. The summed E-state index contributed by atoms with van der Waals surface area (Å²) in [5.41, 5.74) is 0. The highest BCUT2D eigenvalue weighted by Crippen LogP contribution is 2.41. The monoisotopic (exact) mass is 296 g/mol. The van der Waals surface area contributed by atoms with Gasteiger partial charge in [0, 0.05) is 11.3 Å². The molecule has 2 aliphatic heterocycles. The number of nitrogens with one attached hydrogen (secondary N) is 1. The van der Waals surface area contributed by atoms with E-state index >= 15 is 0 Å². The van der Waals surface area contributed by atoms with Crippen LogP contribution in [0.15, 0.2) is 0 Å². The lowest BCUT2D eigenvalue weighted by Gasteiger charge is -2.35. The lowest BCUT2D eigenvalue weighted by atomic mass is 10.0. The predicted octanol–water partition coefficient (Wildman–Crippen LogP) is 3.00. The summed E-state index contributed by atoms with van der Waals surface area (Å²) < 4.78 is 0.289. The topological polar surface area (TPSA) is 32.3 Å². The summed E-state index contributed by atoms with van der Waals surface area (Å²) in [5, 5.41) is 3.64. The van der Waals surface area contributed by atoms with E-state index in [1.54, 1.807) is 0 Å². The second-order valence-electron chi connectivity index (χ2n) is 6.98. The molecule has 1 aliphatic carbocycles. The fourth-order valence-electron chi connectivity index (χ4n) is 4.16. The fraction of sp³-hybridized carbons (Fsp3) is 0.938. The van der Waals surface area contributed by atoms with Gasteiger partial charge in [-0.2, -0.15) is 11.8 Å². The van der Waals surface area contributed by atoms with E-state index in [1.807, 2.05) is 0 Å².